The van der Waals surface area contributed by atoms with E-state index in [-0.39, 0.29) is 11.6 Å². The largest absolute Gasteiger partial charge is 0.302 e. The average Bonchev–Trinajstić information content (AvgIpc) is 2.73. The Balaban J connectivity index is 0.000000360. The first-order valence-electron chi connectivity index (χ1n) is 8.39. The van der Waals surface area contributed by atoms with E-state index in [0.717, 1.165) is 8.95 Å². The van der Waals surface area contributed by atoms with Gasteiger partial charge in [0, 0.05) is 33.7 Å². The molecule has 1 amide bonds. The monoisotopic (exact) mass is 517 g/mol. The predicted octanol–water partition coefficient (Wildman–Crippen LogP) is 6.24. The smallest absolute Gasteiger partial charge is 0.269 e. The molecule has 148 valence electrons. The van der Waals surface area contributed by atoms with Gasteiger partial charge in [-0.1, -0.05) is 50.1 Å². The summed E-state index contributed by atoms with van der Waals surface area (Å²) in [7, 11) is 1.58. The Morgan fingerprint density at radius 2 is 1.48 bits per heavy atom. The summed E-state index contributed by atoms with van der Waals surface area (Å²) in [4.78, 5) is 27.7. The predicted molar refractivity (Wildman–Crippen MR) is 122 cm³/mol. The Morgan fingerprint density at radius 3 is 1.97 bits per heavy atom. The molecule has 0 fully saturated rings. The Labute approximate surface area is 185 Å². The van der Waals surface area contributed by atoms with Gasteiger partial charge >= 0.3 is 0 Å². The van der Waals surface area contributed by atoms with E-state index in [1.807, 2.05) is 54.6 Å². The lowest BCUT2D eigenvalue weighted by Gasteiger charge is -2.10. The molecule has 0 heterocycles. The van der Waals surface area contributed by atoms with E-state index < -0.39 is 4.92 Å². The van der Waals surface area contributed by atoms with E-state index in [0.29, 0.717) is 11.3 Å². The van der Waals surface area contributed by atoms with Crippen LogP contribution < -0.4 is 0 Å². The molecular formula is C21H17Br2N3O3. The van der Waals surface area contributed by atoms with Crippen LogP contribution in [0.15, 0.2) is 92.8 Å². The summed E-state index contributed by atoms with van der Waals surface area (Å²) in [5.74, 6) is -0.296. The van der Waals surface area contributed by atoms with Crippen LogP contribution in [0.5, 0.6) is 0 Å². The number of aliphatic imine (C=N–C) groups is 1. The summed E-state index contributed by atoms with van der Waals surface area (Å²) in [6.45, 7) is 0. The maximum Gasteiger partial charge on any atom is 0.269 e. The van der Waals surface area contributed by atoms with Gasteiger partial charge in [0.2, 0.25) is 0 Å². The summed E-state index contributed by atoms with van der Waals surface area (Å²) in [5, 5.41) is 10.6. The maximum absolute atomic E-state index is 12.2. The molecular weight excluding hydrogens is 502 g/mol. The van der Waals surface area contributed by atoms with Crippen LogP contribution in [-0.2, 0) is 0 Å². The van der Waals surface area contributed by atoms with E-state index in [9.17, 15) is 14.9 Å². The summed E-state index contributed by atoms with van der Waals surface area (Å²) >= 11 is 6.64. The van der Waals surface area contributed by atoms with E-state index >= 15 is 0 Å². The minimum Gasteiger partial charge on any atom is -0.302 e. The second-order valence-corrected chi connectivity index (χ2v) is 7.57. The lowest BCUT2D eigenvalue weighted by atomic mass is 10.2. The topological polar surface area (TPSA) is 75.8 Å². The van der Waals surface area contributed by atoms with Gasteiger partial charge in [0.1, 0.15) is 0 Å². The fourth-order valence-electron chi connectivity index (χ4n) is 2.08. The third-order valence-electron chi connectivity index (χ3n) is 3.59. The number of carbonyl (C=O) groups excluding carboxylic acids is 1. The zero-order valence-electron chi connectivity index (χ0n) is 15.4. The third-order valence-corrected chi connectivity index (χ3v) is 4.64. The first-order chi connectivity index (χ1) is 13.9. The van der Waals surface area contributed by atoms with Gasteiger partial charge in [-0.15, -0.1) is 0 Å². The highest BCUT2D eigenvalue weighted by Crippen LogP contribution is 2.17. The lowest BCUT2D eigenvalue weighted by Crippen LogP contribution is -2.24. The van der Waals surface area contributed by atoms with Crippen molar-refractivity contribution in [3.63, 3.8) is 0 Å². The second-order valence-electron chi connectivity index (χ2n) is 5.74. The molecule has 0 unspecified atom stereocenters. The molecule has 0 bridgehead atoms. The van der Waals surface area contributed by atoms with Crippen LogP contribution in [0, 0.1) is 10.1 Å². The number of nitrogens with zero attached hydrogens (tertiary/aromatic N) is 3. The summed E-state index contributed by atoms with van der Waals surface area (Å²) in [6, 6.07) is 22.7. The first-order valence-corrected chi connectivity index (χ1v) is 9.97. The standard InChI is InChI=1S/C15H12BrN3O3.C6H5Br/c1-18(10-17-13-6-4-12(16)5-7-13)15(20)11-2-8-14(9-3-11)19(21)22;7-6-4-2-1-3-5-6/h2-10H,1H3;1-5H. The number of nitro groups is 1. The van der Waals surface area contributed by atoms with Gasteiger partial charge in [-0.3, -0.25) is 14.9 Å². The van der Waals surface area contributed by atoms with Crippen molar-refractivity contribution in [3.05, 3.63) is 103 Å². The average molecular weight is 519 g/mol. The van der Waals surface area contributed by atoms with Gasteiger partial charge in [-0.2, -0.15) is 0 Å². The molecule has 0 spiro atoms. The van der Waals surface area contributed by atoms with Crippen molar-refractivity contribution in [1.82, 2.24) is 4.90 Å². The van der Waals surface area contributed by atoms with Gasteiger partial charge in [-0.05, 0) is 48.5 Å². The number of benzene rings is 3. The highest BCUT2D eigenvalue weighted by molar-refractivity contribution is 9.10. The summed E-state index contributed by atoms with van der Waals surface area (Å²) < 4.78 is 2.08. The number of non-ortho nitro benzene ring substituents is 1. The molecule has 0 aromatic heterocycles. The van der Waals surface area contributed by atoms with Gasteiger partial charge in [-0.25, -0.2) is 4.99 Å². The molecule has 8 heteroatoms. The van der Waals surface area contributed by atoms with Gasteiger partial charge in [0.15, 0.2) is 0 Å². The number of hydrogen-bond acceptors (Lipinski definition) is 4. The highest BCUT2D eigenvalue weighted by Gasteiger charge is 2.12. The molecule has 0 radical (unpaired) electrons. The third kappa shape index (κ3) is 7.59. The Bertz CT molecular complexity index is 976. The van der Waals surface area contributed by atoms with E-state index in [1.165, 1.54) is 35.5 Å². The quantitative estimate of drug-likeness (QED) is 0.177. The fourth-order valence-corrected chi connectivity index (χ4v) is 2.65. The van der Waals surface area contributed by atoms with Crippen molar-refractivity contribution in [3.8, 4) is 0 Å². The van der Waals surface area contributed by atoms with Crippen molar-refractivity contribution in [1.29, 1.82) is 0 Å². The zero-order chi connectivity index (χ0) is 21.2. The van der Waals surface area contributed by atoms with Crippen molar-refractivity contribution in [2.24, 2.45) is 4.99 Å². The number of hydrogen-bond donors (Lipinski definition) is 0. The van der Waals surface area contributed by atoms with Crippen LogP contribution in [0.1, 0.15) is 10.4 Å². The Kier molecular flexibility index (Phi) is 8.69. The van der Waals surface area contributed by atoms with Crippen molar-refractivity contribution in [2.75, 3.05) is 7.05 Å². The van der Waals surface area contributed by atoms with Crippen molar-refractivity contribution < 1.29 is 9.72 Å². The SMILES string of the molecule is Brc1ccccc1.CN(C=Nc1ccc(Br)cc1)C(=O)c1ccc([N+](=O)[O-])cc1. The van der Waals surface area contributed by atoms with Crippen LogP contribution in [0.2, 0.25) is 0 Å². The summed E-state index contributed by atoms with van der Waals surface area (Å²) in [6.07, 6.45) is 1.41. The molecule has 3 rings (SSSR count). The normalized spacial score (nSPS) is 10.2. The number of amides is 1. The summed E-state index contributed by atoms with van der Waals surface area (Å²) in [5.41, 5.74) is 1.02. The molecule has 0 aliphatic rings. The van der Waals surface area contributed by atoms with Crippen molar-refractivity contribution >= 4 is 55.5 Å². The molecule has 0 N–H and O–H groups in total. The second kappa shape index (κ2) is 11.2. The molecule has 0 saturated carbocycles. The zero-order valence-corrected chi connectivity index (χ0v) is 18.6. The number of halogens is 2. The van der Waals surface area contributed by atoms with Gasteiger partial charge < -0.3 is 4.90 Å². The van der Waals surface area contributed by atoms with Crippen LogP contribution in [-0.4, -0.2) is 29.1 Å². The number of nitro benzene ring substituents is 1. The molecule has 0 aliphatic heterocycles. The van der Waals surface area contributed by atoms with E-state index in [1.54, 1.807) is 7.05 Å². The number of carbonyl (C=O) groups is 1. The molecule has 29 heavy (non-hydrogen) atoms. The molecule has 0 atom stereocenters. The van der Waals surface area contributed by atoms with Crippen molar-refractivity contribution in [2.45, 2.75) is 0 Å². The van der Waals surface area contributed by atoms with Gasteiger partial charge in [0.05, 0.1) is 16.9 Å². The molecule has 0 aliphatic carbocycles. The first kappa shape index (κ1) is 22.4. The van der Waals surface area contributed by atoms with Gasteiger partial charge in [0.25, 0.3) is 11.6 Å². The minimum absolute atomic E-state index is 0.0530. The Hall–Kier alpha value is -2.84. The van der Waals surface area contributed by atoms with E-state index in [4.69, 9.17) is 0 Å². The van der Waals surface area contributed by atoms with E-state index in [2.05, 4.69) is 36.9 Å². The lowest BCUT2D eigenvalue weighted by molar-refractivity contribution is -0.384. The molecule has 6 nitrogen and oxygen atoms in total. The molecule has 3 aromatic carbocycles. The van der Waals surface area contributed by atoms with Crippen LogP contribution in [0.3, 0.4) is 0 Å². The van der Waals surface area contributed by atoms with Crippen LogP contribution >= 0.6 is 31.9 Å². The van der Waals surface area contributed by atoms with Crippen LogP contribution in [0.25, 0.3) is 0 Å². The Morgan fingerprint density at radius 1 is 0.931 bits per heavy atom. The van der Waals surface area contributed by atoms with Crippen LogP contribution in [0.4, 0.5) is 11.4 Å². The number of rotatable bonds is 4. The minimum atomic E-state index is -0.507. The molecule has 0 saturated heterocycles. The fraction of sp³-hybridized carbons (Fsp3) is 0.0476. The highest BCUT2D eigenvalue weighted by atomic mass is 79.9. The molecule has 3 aromatic rings. The maximum atomic E-state index is 12.2.